The zero-order chi connectivity index (χ0) is 18.7. The fraction of sp³-hybridized carbons (Fsp3) is 0.211. The van der Waals surface area contributed by atoms with E-state index in [9.17, 15) is 13.2 Å². The molecule has 0 bridgehead atoms. The number of allylic oxidation sites excluding steroid dienone is 1. The minimum atomic E-state index is -3.86. The van der Waals surface area contributed by atoms with Crippen molar-refractivity contribution in [2.24, 2.45) is 0 Å². The summed E-state index contributed by atoms with van der Waals surface area (Å²) in [6.45, 7) is 3.47. The smallest absolute Gasteiger partial charge is 1.00 e. The van der Waals surface area contributed by atoms with Gasteiger partial charge in [-0.15, -0.1) is 0 Å². The van der Waals surface area contributed by atoms with Crippen molar-refractivity contribution in [3.63, 3.8) is 0 Å². The normalized spacial score (nSPS) is 16.1. The van der Waals surface area contributed by atoms with Crippen LogP contribution in [0.15, 0.2) is 71.5 Å². The van der Waals surface area contributed by atoms with Crippen LogP contribution in [-0.2, 0) is 19.6 Å². The quantitative estimate of drug-likeness (QED) is 0.742. The van der Waals surface area contributed by atoms with E-state index in [0.29, 0.717) is 0 Å². The predicted octanol–water partition coefficient (Wildman–Crippen LogP) is 0.415. The van der Waals surface area contributed by atoms with Gasteiger partial charge in [0, 0.05) is 23.9 Å². The van der Waals surface area contributed by atoms with Crippen molar-refractivity contribution in [1.29, 1.82) is 0 Å². The summed E-state index contributed by atoms with van der Waals surface area (Å²) in [5, 5.41) is 0. The third-order valence-corrected chi connectivity index (χ3v) is 5.36. The largest absolute Gasteiger partial charge is 1.00 e. The second-order valence-electron chi connectivity index (χ2n) is 5.90. The van der Waals surface area contributed by atoms with Crippen LogP contribution in [0.1, 0.15) is 33.5 Å². The van der Waals surface area contributed by atoms with Gasteiger partial charge in [0.25, 0.3) is 10.0 Å². The molecule has 3 rings (SSSR count). The fourth-order valence-electron chi connectivity index (χ4n) is 2.66. The first-order valence-corrected chi connectivity index (χ1v) is 9.73. The van der Waals surface area contributed by atoms with Gasteiger partial charge in [-0.05, 0) is 31.2 Å². The first-order valence-electron chi connectivity index (χ1n) is 8.25. The van der Waals surface area contributed by atoms with Gasteiger partial charge in [-0.1, -0.05) is 37.3 Å². The Morgan fingerprint density at radius 2 is 1.78 bits per heavy atom. The molecule has 1 N–H and O–H groups in total. The second kappa shape index (κ2) is 8.93. The molecule has 8 heteroatoms. The molecule has 0 aromatic heterocycles. The van der Waals surface area contributed by atoms with Gasteiger partial charge in [-0.2, -0.15) is 0 Å². The Bertz CT molecular complexity index is 934. The van der Waals surface area contributed by atoms with E-state index >= 15 is 0 Å². The standard InChI is InChI=1S/C19H20N2O4S.Na.H/c1-3-18(22)20-26(23,24)17-11-9-15(10-12-17)19-21(13-14(2)25-19)16-7-5-4-6-8-16;;/h4-13,19H,3H2,1-2H3,(H,20,22);;/q;+1;-1. The average Bonchev–Trinajstić information content (AvgIpc) is 3.04. The van der Waals surface area contributed by atoms with Crippen molar-refractivity contribution in [3.8, 4) is 0 Å². The van der Waals surface area contributed by atoms with E-state index in [0.717, 1.165) is 17.0 Å². The van der Waals surface area contributed by atoms with Crippen LogP contribution in [0, 0.1) is 0 Å². The number of amides is 1. The van der Waals surface area contributed by atoms with Gasteiger partial charge in [0.2, 0.25) is 12.1 Å². The van der Waals surface area contributed by atoms with Crippen LogP contribution in [0.4, 0.5) is 5.69 Å². The maximum Gasteiger partial charge on any atom is 1.00 e. The Balaban J connectivity index is 0.00000196. The molecule has 6 nitrogen and oxygen atoms in total. The van der Waals surface area contributed by atoms with E-state index in [2.05, 4.69) is 0 Å². The zero-order valence-corrected chi connectivity index (χ0v) is 18.4. The molecule has 0 fully saturated rings. The van der Waals surface area contributed by atoms with Crippen molar-refractivity contribution >= 4 is 21.6 Å². The Hall–Kier alpha value is -1.80. The number of rotatable bonds is 5. The maximum atomic E-state index is 12.2. The van der Waals surface area contributed by atoms with Gasteiger partial charge in [-0.25, -0.2) is 13.1 Å². The summed E-state index contributed by atoms with van der Waals surface area (Å²) in [6, 6.07) is 16.1. The Kier molecular flexibility index (Phi) is 7.11. The van der Waals surface area contributed by atoms with E-state index in [1.54, 1.807) is 19.1 Å². The molecule has 1 aliphatic heterocycles. The molecule has 2 aromatic carbocycles. The van der Waals surface area contributed by atoms with E-state index in [4.69, 9.17) is 4.74 Å². The summed E-state index contributed by atoms with van der Waals surface area (Å²) in [5.74, 6) is 0.231. The molecule has 0 aliphatic carbocycles. The third kappa shape index (κ3) is 4.93. The van der Waals surface area contributed by atoms with Gasteiger partial charge in [0.15, 0.2) is 0 Å². The minimum absolute atomic E-state index is 0. The number of benzene rings is 2. The molecular weight excluding hydrogens is 375 g/mol. The molecule has 0 spiro atoms. The van der Waals surface area contributed by atoms with Gasteiger partial charge in [0.05, 0.1) is 4.90 Å². The number of para-hydroxylation sites is 1. The van der Waals surface area contributed by atoms with Crippen molar-refractivity contribution < 1.29 is 48.9 Å². The number of hydrogen-bond donors (Lipinski definition) is 1. The van der Waals surface area contributed by atoms with Crippen LogP contribution in [0.5, 0.6) is 0 Å². The summed E-state index contributed by atoms with van der Waals surface area (Å²) in [4.78, 5) is 13.4. The van der Waals surface area contributed by atoms with E-state index in [1.807, 2.05) is 53.1 Å². The Morgan fingerprint density at radius 1 is 1.15 bits per heavy atom. The van der Waals surface area contributed by atoms with Crippen molar-refractivity contribution in [2.45, 2.75) is 31.4 Å². The van der Waals surface area contributed by atoms with Crippen molar-refractivity contribution in [1.82, 2.24) is 4.72 Å². The molecule has 1 unspecified atom stereocenters. The third-order valence-electron chi connectivity index (χ3n) is 3.97. The molecular formula is C19H21N2NaO4S. The molecule has 1 amide bonds. The minimum Gasteiger partial charge on any atom is -1.00 e. The van der Waals surface area contributed by atoms with Crippen LogP contribution in [0.25, 0.3) is 0 Å². The SMILES string of the molecule is CCC(=O)NS(=O)(=O)c1ccc(C2OC(C)=CN2c2ccccc2)cc1.[H-].[Na+]. The molecule has 0 saturated carbocycles. The van der Waals surface area contributed by atoms with Crippen LogP contribution in [-0.4, -0.2) is 14.3 Å². The molecule has 138 valence electrons. The van der Waals surface area contributed by atoms with Gasteiger partial charge in [0.1, 0.15) is 5.76 Å². The molecule has 0 saturated heterocycles. The summed E-state index contributed by atoms with van der Waals surface area (Å²) >= 11 is 0. The van der Waals surface area contributed by atoms with Crippen LogP contribution < -0.4 is 39.2 Å². The number of ether oxygens (including phenoxy) is 1. The topological polar surface area (TPSA) is 75.7 Å². The molecule has 2 aromatic rings. The fourth-order valence-corrected chi connectivity index (χ4v) is 3.71. The van der Waals surface area contributed by atoms with E-state index in [1.165, 1.54) is 12.1 Å². The molecule has 1 aliphatic rings. The first kappa shape index (κ1) is 21.5. The summed E-state index contributed by atoms with van der Waals surface area (Å²) < 4.78 is 32.3. The predicted molar refractivity (Wildman–Crippen MR) is 99.7 cm³/mol. The number of carbonyl (C=O) groups excluding carboxylic acids is 1. The number of nitrogens with one attached hydrogen (secondary N) is 1. The Labute approximate surface area is 183 Å². The van der Waals surface area contributed by atoms with Crippen LogP contribution in [0.3, 0.4) is 0 Å². The van der Waals surface area contributed by atoms with Crippen LogP contribution >= 0.6 is 0 Å². The van der Waals surface area contributed by atoms with Crippen molar-refractivity contribution in [3.05, 3.63) is 72.1 Å². The summed E-state index contributed by atoms with van der Waals surface area (Å²) in [5.41, 5.74) is 1.78. The molecule has 27 heavy (non-hydrogen) atoms. The number of carbonyl (C=O) groups is 1. The number of hydrogen-bond acceptors (Lipinski definition) is 5. The first-order chi connectivity index (χ1) is 12.4. The van der Waals surface area contributed by atoms with Crippen LogP contribution in [0.2, 0.25) is 0 Å². The van der Waals surface area contributed by atoms with E-state index < -0.39 is 15.9 Å². The monoisotopic (exact) mass is 396 g/mol. The molecule has 1 heterocycles. The Morgan fingerprint density at radius 3 is 2.37 bits per heavy atom. The number of nitrogens with zero attached hydrogens (tertiary/aromatic N) is 1. The van der Waals surface area contributed by atoms with E-state index in [-0.39, 0.29) is 48.5 Å². The molecule has 0 radical (unpaired) electrons. The summed E-state index contributed by atoms with van der Waals surface area (Å²) in [7, 11) is -3.86. The summed E-state index contributed by atoms with van der Waals surface area (Å²) in [6.07, 6.45) is 1.63. The zero-order valence-electron chi connectivity index (χ0n) is 16.5. The number of sulfonamides is 1. The molecule has 1 atom stereocenters. The average molecular weight is 396 g/mol. The number of anilines is 1. The van der Waals surface area contributed by atoms with Crippen molar-refractivity contribution in [2.75, 3.05) is 4.90 Å². The van der Waals surface area contributed by atoms with Gasteiger partial charge in [-0.3, -0.25) is 4.79 Å². The van der Waals surface area contributed by atoms with Gasteiger partial charge < -0.3 is 11.1 Å². The van der Waals surface area contributed by atoms with Gasteiger partial charge >= 0.3 is 29.6 Å². The maximum absolute atomic E-state index is 12.2. The second-order valence-corrected chi connectivity index (χ2v) is 7.59.